The topological polar surface area (TPSA) is 55.1 Å². The molecule has 0 saturated carbocycles. The summed E-state index contributed by atoms with van der Waals surface area (Å²) in [4.78, 5) is 11.6. The smallest absolute Gasteiger partial charge is 0.252 e. The van der Waals surface area contributed by atoms with E-state index in [1.165, 1.54) is 12.1 Å². The summed E-state index contributed by atoms with van der Waals surface area (Å²) in [5, 5.41) is 2.65. The molecule has 0 unspecified atom stereocenters. The normalized spacial score (nSPS) is 12.3. The summed E-state index contributed by atoms with van der Waals surface area (Å²) in [5.74, 6) is -0.789. The van der Waals surface area contributed by atoms with Gasteiger partial charge >= 0.3 is 0 Å². The van der Waals surface area contributed by atoms with Crippen LogP contribution in [-0.4, -0.2) is 18.5 Å². The van der Waals surface area contributed by atoms with E-state index in [4.69, 9.17) is 5.73 Å². The third kappa shape index (κ3) is 3.00. The number of hydrogen-bond acceptors (Lipinski definition) is 2. The van der Waals surface area contributed by atoms with Crippen molar-refractivity contribution in [2.24, 2.45) is 5.73 Å². The standard InChI is InChI=1S/C10H12BrFN2O/c1-6(5-13)14-10(15)7-3-2-4-8(12)9(7)11/h2-4,6H,5,13H2,1H3,(H,14,15)/t6-/m1/s1. The van der Waals surface area contributed by atoms with Crippen molar-refractivity contribution in [2.75, 3.05) is 6.54 Å². The minimum Gasteiger partial charge on any atom is -0.348 e. The number of nitrogens with two attached hydrogens (primary N) is 1. The van der Waals surface area contributed by atoms with Crippen LogP contribution in [0.5, 0.6) is 0 Å². The molecule has 15 heavy (non-hydrogen) atoms. The molecule has 0 bridgehead atoms. The summed E-state index contributed by atoms with van der Waals surface area (Å²) >= 11 is 3.03. The maximum atomic E-state index is 13.1. The van der Waals surface area contributed by atoms with Crippen molar-refractivity contribution >= 4 is 21.8 Å². The first-order chi connectivity index (χ1) is 7.06. The summed E-state index contributed by atoms with van der Waals surface area (Å²) in [7, 11) is 0. The fourth-order valence-electron chi connectivity index (χ4n) is 1.04. The highest BCUT2D eigenvalue weighted by Gasteiger charge is 2.14. The number of nitrogens with one attached hydrogen (secondary N) is 1. The van der Waals surface area contributed by atoms with Gasteiger partial charge in [0.05, 0.1) is 10.0 Å². The Kier molecular flexibility index (Phi) is 4.23. The number of halogens is 2. The van der Waals surface area contributed by atoms with Gasteiger partial charge in [0.1, 0.15) is 5.82 Å². The second-order valence-electron chi connectivity index (χ2n) is 3.21. The minimum absolute atomic E-state index is 0.132. The second-order valence-corrected chi connectivity index (χ2v) is 4.00. The Labute approximate surface area is 96.0 Å². The van der Waals surface area contributed by atoms with Crippen LogP contribution in [0.4, 0.5) is 4.39 Å². The largest absolute Gasteiger partial charge is 0.348 e. The fraction of sp³-hybridized carbons (Fsp3) is 0.300. The lowest BCUT2D eigenvalue weighted by Crippen LogP contribution is -2.37. The number of carbonyl (C=O) groups is 1. The average Bonchev–Trinajstić information content (AvgIpc) is 2.21. The Bertz CT molecular complexity index is 370. The molecule has 3 nitrogen and oxygen atoms in total. The van der Waals surface area contributed by atoms with Crippen LogP contribution >= 0.6 is 15.9 Å². The summed E-state index contributed by atoms with van der Waals surface area (Å²) in [6.45, 7) is 2.13. The van der Waals surface area contributed by atoms with Gasteiger partial charge in [0.25, 0.3) is 5.91 Å². The van der Waals surface area contributed by atoms with Crippen molar-refractivity contribution in [3.05, 3.63) is 34.1 Å². The Hall–Kier alpha value is -0.940. The molecule has 1 rings (SSSR count). The van der Waals surface area contributed by atoms with Gasteiger partial charge in [-0.1, -0.05) is 6.07 Å². The van der Waals surface area contributed by atoms with E-state index in [9.17, 15) is 9.18 Å². The first kappa shape index (κ1) is 12.1. The molecule has 0 fully saturated rings. The lowest BCUT2D eigenvalue weighted by atomic mass is 10.2. The van der Waals surface area contributed by atoms with Crippen LogP contribution in [0, 0.1) is 5.82 Å². The molecular weight excluding hydrogens is 263 g/mol. The molecular formula is C10H12BrFN2O. The molecule has 82 valence electrons. The zero-order chi connectivity index (χ0) is 11.4. The van der Waals surface area contributed by atoms with Crippen LogP contribution in [0.2, 0.25) is 0 Å². The first-order valence-corrected chi connectivity index (χ1v) is 5.30. The lowest BCUT2D eigenvalue weighted by Gasteiger charge is -2.12. The zero-order valence-corrected chi connectivity index (χ0v) is 9.84. The van der Waals surface area contributed by atoms with Crippen LogP contribution in [0.3, 0.4) is 0 Å². The van der Waals surface area contributed by atoms with E-state index in [-0.39, 0.29) is 22.0 Å². The van der Waals surface area contributed by atoms with Crippen LogP contribution in [0.15, 0.2) is 22.7 Å². The number of carbonyl (C=O) groups excluding carboxylic acids is 1. The van der Waals surface area contributed by atoms with Gasteiger partial charge in [-0.05, 0) is 35.0 Å². The maximum absolute atomic E-state index is 13.1. The molecule has 0 saturated heterocycles. The molecule has 0 radical (unpaired) electrons. The van der Waals surface area contributed by atoms with Gasteiger partial charge in [-0.25, -0.2) is 4.39 Å². The van der Waals surface area contributed by atoms with E-state index in [0.717, 1.165) is 0 Å². The van der Waals surface area contributed by atoms with Gasteiger partial charge in [0.15, 0.2) is 0 Å². The molecule has 0 aliphatic carbocycles. The quantitative estimate of drug-likeness (QED) is 0.881. The van der Waals surface area contributed by atoms with Gasteiger partial charge in [0.2, 0.25) is 0 Å². The Morgan fingerprint density at radius 2 is 2.33 bits per heavy atom. The average molecular weight is 275 g/mol. The number of hydrogen-bond donors (Lipinski definition) is 2. The number of amides is 1. The SMILES string of the molecule is C[C@H](CN)NC(=O)c1cccc(F)c1Br. The third-order valence-electron chi connectivity index (χ3n) is 1.93. The van der Waals surface area contributed by atoms with E-state index in [1.54, 1.807) is 13.0 Å². The van der Waals surface area contributed by atoms with Gasteiger partial charge in [-0.2, -0.15) is 0 Å². The van der Waals surface area contributed by atoms with E-state index in [1.807, 2.05) is 0 Å². The molecule has 0 aliphatic heterocycles. The van der Waals surface area contributed by atoms with Crippen LogP contribution in [0.1, 0.15) is 17.3 Å². The Morgan fingerprint density at radius 1 is 1.67 bits per heavy atom. The van der Waals surface area contributed by atoms with Crippen molar-refractivity contribution in [2.45, 2.75) is 13.0 Å². The van der Waals surface area contributed by atoms with Gasteiger partial charge in [-0.15, -0.1) is 0 Å². The Morgan fingerprint density at radius 3 is 2.93 bits per heavy atom. The van der Waals surface area contributed by atoms with Crippen molar-refractivity contribution < 1.29 is 9.18 Å². The minimum atomic E-state index is -0.456. The molecule has 1 atom stereocenters. The second kappa shape index (κ2) is 5.23. The summed E-state index contributed by atoms with van der Waals surface area (Å²) < 4.78 is 13.3. The molecule has 0 spiro atoms. The molecule has 0 heterocycles. The van der Waals surface area contributed by atoms with Crippen LogP contribution in [-0.2, 0) is 0 Å². The summed E-state index contributed by atoms with van der Waals surface area (Å²) in [6.07, 6.45) is 0. The zero-order valence-electron chi connectivity index (χ0n) is 8.26. The van der Waals surface area contributed by atoms with Crippen LogP contribution < -0.4 is 11.1 Å². The van der Waals surface area contributed by atoms with Crippen LogP contribution in [0.25, 0.3) is 0 Å². The Balaban J connectivity index is 2.87. The van der Waals surface area contributed by atoms with E-state index < -0.39 is 5.82 Å². The third-order valence-corrected chi connectivity index (χ3v) is 2.73. The predicted molar refractivity (Wildman–Crippen MR) is 60.1 cm³/mol. The van der Waals surface area contributed by atoms with E-state index in [0.29, 0.717) is 6.54 Å². The highest BCUT2D eigenvalue weighted by Crippen LogP contribution is 2.20. The van der Waals surface area contributed by atoms with E-state index in [2.05, 4.69) is 21.2 Å². The van der Waals surface area contributed by atoms with Crippen molar-refractivity contribution in [3.63, 3.8) is 0 Å². The molecule has 0 aliphatic rings. The number of rotatable bonds is 3. The molecule has 0 aromatic heterocycles. The lowest BCUT2D eigenvalue weighted by molar-refractivity contribution is 0.0940. The fourth-order valence-corrected chi connectivity index (χ4v) is 1.48. The van der Waals surface area contributed by atoms with E-state index >= 15 is 0 Å². The van der Waals surface area contributed by atoms with Gasteiger partial charge < -0.3 is 11.1 Å². The highest BCUT2D eigenvalue weighted by molar-refractivity contribution is 9.10. The van der Waals surface area contributed by atoms with Crippen molar-refractivity contribution in [1.29, 1.82) is 0 Å². The molecule has 1 aromatic rings. The maximum Gasteiger partial charge on any atom is 0.252 e. The predicted octanol–water partition coefficient (Wildman–Crippen LogP) is 1.67. The molecule has 3 N–H and O–H groups in total. The summed E-state index contributed by atoms with van der Waals surface area (Å²) in [6, 6.07) is 4.19. The molecule has 1 amide bonds. The van der Waals surface area contributed by atoms with Crippen molar-refractivity contribution in [1.82, 2.24) is 5.32 Å². The monoisotopic (exact) mass is 274 g/mol. The summed E-state index contributed by atoms with van der Waals surface area (Å²) in [5.41, 5.74) is 5.64. The van der Waals surface area contributed by atoms with Gasteiger partial charge in [-0.3, -0.25) is 4.79 Å². The first-order valence-electron chi connectivity index (χ1n) is 4.51. The molecule has 1 aromatic carbocycles. The highest BCUT2D eigenvalue weighted by atomic mass is 79.9. The van der Waals surface area contributed by atoms with Gasteiger partial charge in [0, 0.05) is 12.6 Å². The molecule has 5 heteroatoms. The number of benzene rings is 1. The van der Waals surface area contributed by atoms with Crippen molar-refractivity contribution in [3.8, 4) is 0 Å².